The summed E-state index contributed by atoms with van der Waals surface area (Å²) in [5.74, 6) is -0.183. The highest BCUT2D eigenvalue weighted by Gasteiger charge is 2.20. The standard InChI is InChI=1S/C18H27N3O2/c1-3-14(2)17(22)15-6-4-5-7-16(15)18(23)20-10-13-21-11-8-19-9-12-21/h4-7,14,19H,3,8-13H2,1-2H3,(H,20,23). The number of rotatable bonds is 7. The number of nitrogens with one attached hydrogen (secondary N) is 2. The Labute approximate surface area is 138 Å². The molecule has 0 aliphatic carbocycles. The lowest BCUT2D eigenvalue weighted by atomic mass is 9.93. The van der Waals surface area contributed by atoms with E-state index in [4.69, 9.17) is 0 Å². The van der Waals surface area contributed by atoms with E-state index in [1.807, 2.05) is 19.9 Å². The minimum atomic E-state index is -0.160. The molecule has 1 saturated heterocycles. The van der Waals surface area contributed by atoms with Gasteiger partial charge in [-0.25, -0.2) is 0 Å². The molecule has 126 valence electrons. The number of benzene rings is 1. The van der Waals surface area contributed by atoms with E-state index in [0.717, 1.165) is 39.1 Å². The lowest BCUT2D eigenvalue weighted by Crippen LogP contribution is -2.46. The Balaban J connectivity index is 1.95. The maximum absolute atomic E-state index is 12.4. The molecule has 1 aliphatic rings. The van der Waals surface area contributed by atoms with Crippen LogP contribution in [0.4, 0.5) is 0 Å². The van der Waals surface area contributed by atoms with Crippen molar-refractivity contribution in [3.8, 4) is 0 Å². The summed E-state index contributed by atoms with van der Waals surface area (Å²) in [7, 11) is 0. The van der Waals surface area contributed by atoms with Gasteiger partial charge in [0.15, 0.2) is 5.78 Å². The molecular formula is C18H27N3O2. The van der Waals surface area contributed by atoms with Gasteiger partial charge in [-0.15, -0.1) is 0 Å². The van der Waals surface area contributed by atoms with Gasteiger partial charge in [-0.1, -0.05) is 32.0 Å². The van der Waals surface area contributed by atoms with Crippen LogP contribution >= 0.6 is 0 Å². The predicted octanol–water partition coefficient (Wildman–Crippen LogP) is 1.55. The lowest BCUT2D eigenvalue weighted by molar-refractivity contribution is 0.0901. The second-order valence-electron chi connectivity index (χ2n) is 6.07. The first-order chi connectivity index (χ1) is 11.1. The third-order valence-corrected chi connectivity index (χ3v) is 4.42. The molecule has 1 atom stereocenters. The summed E-state index contributed by atoms with van der Waals surface area (Å²) >= 11 is 0. The zero-order chi connectivity index (χ0) is 16.7. The van der Waals surface area contributed by atoms with Crippen molar-refractivity contribution in [2.24, 2.45) is 5.92 Å². The van der Waals surface area contributed by atoms with Crippen molar-refractivity contribution in [1.82, 2.24) is 15.5 Å². The third-order valence-electron chi connectivity index (χ3n) is 4.42. The first-order valence-corrected chi connectivity index (χ1v) is 8.48. The van der Waals surface area contributed by atoms with Crippen molar-refractivity contribution in [1.29, 1.82) is 0 Å². The SMILES string of the molecule is CCC(C)C(=O)c1ccccc1C(=O)NCCN1CCNCC1. The van der Waals surface area contributed by atoms with Crippen LogP contribution in [0.5, 0.6) is 0 Å². The van der Waals surface area contributed by atoms with Crippen LogP contribution in [0.15, 0.2) is 24.3 Å². The Bertz CT molecular complexity index is 539. The summed E-state index contributed by atoms with van der Waals surface area (Å²) in [6.45, 7) is 9.36. The quantitative estimate of drug-likeness (QED) is 0.749. The van der Waals surface area contributed by atoms with Gasteiger partial charge in [0.1, 0.15) is 0 Å². The Hall–Kier alpha value is -1.72. The van der Waals surface area contributed by atoms with Crippen LogP contribution in [0.3, 0.4) is 0 Å². The molecule has 1 amide bonds. The van der Waals surface area contributed by atoms with Gasteiger partial charge in [-0.05, 0) is 12.5 Å². The number of Topliss-reactive ketones (excluding diaryl/α,β-unsaturated/α-hetero) is 1. The number of piperazine rings is 1. The van der Waals surface area contributed by atoms with Gasteiger partial charge in [0.25, 0.3) is 5.91 Å². The minimum Gasteiger partial charge on any atom is -0.351 e. The van der Waals surface area contributed by atoms with E-state index in [1.165, 1.54) is 0 Å². The van der Waals surface area contributed by atoms with Crippen LogP contribution in [0, 0.1) is 5.92 Å². The summed E-state index contributed by atoms with van der Waals surface area (Å²) < 4.78 is 0. The van der Waals surface area contributed by atoms with E-state index in [1.54, 1.807) is 18.2 Å². The lowest BCUT2D eigenvalue weighted by Gasteiger charge is -2.27. The van der Waals surface area contributed by atoms with Crippen LogP contribution in [0.1, 0.15) is 41.0 Å². The average Bonchev–Trinajstić information content (AvgIpc) is 2.61. The molecule has 1 aliphatic heterocycles. The van der Waals surface area contributed by atoms with Gasteiger partial charge >= 0.3 is 0 Å². The summed E-state index contributed by atoms with van der Waals surface area (Å²) in [6, 6.07) is 7.10. The largest absolute Gasteiger partial charge is 0.351 e. The number of ketones is 1. The third kappa shape index (κ3) is 4.88. The van der Waals surface area contributed by atoms with Gasteiger partial charge in [-0.3, -0.25) is 14.5 Å². The predicted molar refractivity (Wildman–Crippen MR) is 91.9 cm³/mol. The van der Waals surface area contributed by atoms with Crippen molar-refractivity contribution in [2.75, 3.05) is 39.3 Å². The van der Waals surface area contributed by atoms with E-state index in [2.05, 4.69) is 15.5 Å². The fourth-order valence-electron chi connectivity index (χ4n) is 2.70. The minimum absolute atomic E-state index is 0.0420. The Morgan fingerprint density at radius 3 is 2.52 bits per heavy atom. The van der Waals surface area contributed by atoms with Crippen molar-refractivity contribution < 1.29 is 9.59 Å². The van der Waals surface area contributed by atoms with Crippen LogP contribution < -0.4 is 10.6 Å². The number of carbonyl (C=O) groups excluding carboxylic acids is 2. The molecule has 1 heterocycles. The van der Waals surface area contributed by atoms with E-state index in [0.29, 0.717) is 17.7 Å². The summed E-state index contributed by atoms with van der Waals surface area (Å²) in [4.78, 5) is 27.2. The molecule has 0 radical (unpaired) electrons. The molecule has 2 rings (SSSR count). The molecule has 5 nitrogen and oxygen atoms in total. The number of hydrogen-bond donors (Lipinski definition) is 2. The van der Waals surface area contributed by atoms with Crippen LogP contribution in [0.25, 0.3) is 0 Å². The molecule has 5 heteroatoms. The van der Waals surface area contributed by atoms with E-state index >= 15 is 0 Å². The van der Waals surface area contributed by atoms with Crippen LogP contribution in [-0.2, 0) is 0 Å². The first-order valence-electron chi connectivity index (χ1n) is 8.48. The maximum Gasteiger partial charge on any atom is 0.252 e. The van der Waals surface area contributed by atoms with Crippen LogP contribution in [0.2, 0.25) is 0 Å². The molecule has 1 unspecified atom stereocenters. The topological polar surface area (TPSA) is 61.4 Å². The Kier molecular flexibility index (Phi) is 6.74. The van der Waals surface area contributed by atoms with Gasteiger partial charge in [0.2, 0.25) is 0 Å². The van der Waals surface area contributed by atoms with Crippen molar-refractivity contribution in [3.63, 3.8) is 0 Å². The normalized spacial score (nSPS) is 16.8. The van der Waals surface area contributed by atoms with Crippen molar-refractivity contribution in [2.45, 2.75) is 20.3 Å². The molecule has 0 saturated carbocycles. The molecular weight excluding hydrogens is 290 g/mol. The van der Waals surface area contributed by atoms with Gasteiger partial charge < -0.3 is 10.6 Å². The molecule has 0 aromatic heterocycles. The van der Waals surface area contributed by atoms with E-state index in [-0.39, 0.29) is 17.6 Å². The fraction of sp³-hybridized carbons (Fsp3) is 0.556. The number of carbonyl (C=O) groups is 2. The van der Waals surface area contributed by atoms with Crippen LogP contribution in [-0.4, -0.2) is 55.9 Å². The molecule has 0 spiro atoms. The highest BCUT2D eigenvalue weighted by atomic mass is 16.2. The Morgan fingerprint density at radius 1 is 1.22 bits per heavy atom. The molecule has 23 heavy (non-hydrogen) atoms. The smallest absolute Gasteiger partial charge is 0.252 e. The van der Waals surface area contributed by atoms with E-state index in [9.17, 15) is 9.59 Å². The number of hydrogen-bond acceptors (Lipinski definition) is 4. The second kappa shape index (κ2) is 8.79. The zero-order valence-electron chi connectivity index (χ0n) is 14.1. The maximum atomic E-state index is 12.4. The molecule has 1 aromatic rings. The number of nitrogens with zero attached hydrogens (tertiary/aromatic N) is 1. The van der Waals surface area contributed by atoms with E-state index < -0.39 is 0 Å². The number of amides is 1. The molecule has 1 fully saturated rings. The monoisotopic (exact) mass is 317 g/mol. The average molecular weight is 317 g/mol. The molecule has 1 aromatic carbocycles. The summed E-state index contributed by atoms with van der Waals surface area (Å²) in [5, 5.41) is 6.25. The van der Waals surface area contributed by atoms with Gasteiger partial charge in [0.05, 0.1) is 5.56 Å². The molecule has 2 N–H and O–H groups in total. The van der Waals surface area contributed by atoms with Crippen molar-refractivity contribution >= 4 is 11.7 Å². The zero-order valence-corrected chi connectivity index (χ0v) is 14.1. The fourth-order valence-corrected chi connectivity index (χ4v) is 2.70. The van der Waals surface area contributed by atoms with Gasteiger partial charge in [0, 0.05) is 50.7 Å². The highest BCUT2D eigenvalue weighted by Crippen LogP contribution is 2.16. The Morgan fingerprint density at radius 2 is 1.87 bits per heavy atom. The molecule has 0 bridgehead atoms. The summed E-state index contributed by atoms with van der Waals surface area (Å²) in [5.41, 5.74) is 1.01. The second-order valence-corrected chi connectivity index (χ2v) is 6.07. The van der Waals surface area contributed by atoms with Gasteiger partial charge in [-0.2, -0.15) is 0 Å². The summed E-state index contributed by atoms with van der Waals surface area (Å²) in [6.07, 6.45) is 0.776. The highest BCUT2D eigenvalue weighted by molar-refractivity contribution is 6.08. The van der Waals surface area contributed by atoms with Crippen molar-refractivity contribution in [3.05, 3.63) is 35.4 Å². The first kappa shape index (κ1) is 17.6.